The first-order chi connectivity index (χ1) is 15.4. The molecule has 7 nitrogen and oxygen atoms in total. The molecule has 16 heteroatoms. The van der Waals surface area contributed by atoms with Crippen molar-refractivity contribution in [3.8, 4) is 11.5 Å². The SMILES string of the molecule is CCS(=O)(=O)c1ccc(Oc2cc(Cl)cc(CC(=O)NS(O)(O)C(F)(F)F)c2)c(C(F)(F)F)c1. The summed E-state index contributed by atoms with van der Waals surface area (Å²) in [7, 11) is -9.43. The number of rotatable bonds is 7. The van der Waals surface area contributed by atoms with Crippen LogP contribution in [0.5, 0.6) is 11.5 Å². The maximum Gasteiger partial charge on any atom is 0.514 e. The van der Waals surface area contributed by atoms with E-state index in [2.05, 4.69) is 0 Å². The summed E-state index contributed by atoms with van der Waals surface area (Å²) in [5.74, 6) is -3.06. The Kier molecular flexibility index (Phi) is 8.09. The average Bonchev–Trinajstić information content (AvgIpc) is 2.65. The van der Waals surface area contributed by atoms with E-state index in [0.29, 0.717) is 6.07 Å². The second-order valence-corrected chi connectivity index (χ2v) is 11.1. The highest BCUT2D eigenvalue weighted by Gasteiger charge is 2.47. The molecule has 190 valence electrons. The molecule has 0 saturated carbocycles. The van der Waals surface area contributed by atoms with Crippen LogP contribution in [-0.2, 0) is 27.2 Å². The molecule has 0 spiro atoms. The fourth-order valence-corrected chi connectivity index (χ4v) is 4.19. The van der Waals surface area contributed by atoms with Crippen molar-refractivity contribution in [2.24, 2.45) is 0 Å². The van der Waals surface area contributed by atoms with Crippen molar-refractivity contribution >= 4 is 38.1 Å². The molecule has 2 aromatic carbocycles. The van der Waals surface area contributed by atoms with Crippen molar-refractivity contribution < 1.29 is 53.4 Å². The van der Waals surface area contributed by atoms with E-state index in [0.717, 1.165) is 35.1 Å². The second-order valence-electron chi connectivity index (χ2n) is 6.65. The van der Waals surface area contributed by atoms with Gasteiger partial charge < -0.3 is 4.74 Å². The molecule has 1 amide bonds. The summed E-state index contributed by atoms with van der Waals surface area (Å²) in [5, 5.41) is -0.165. The summed E-state index contributed by atoms with van der Waals surface area (Å²) in [6.45, 7) is 1.25. The number of hydrogen-bond donors (Lipinski definition) is 3. The van der Waals surface area contributed by atoms with Crippen LogP contribution in [0.25, 0.3) is 0 Å². The first-order valence-electron chi connectivity index (χ1n) is 8.92. The highest BCUT2D eigenvalue weighted by Crippen LogP contribution is 2.52. The van der Waals surface area contributed by atoms with Crippen LogP contribution in [0.2, 0.25) is 5.02 Å². The smallest absolute Gasteiger partial charge is 0.457 e. The number of halogens is 7. The number of benzene rings is 2. The Morgan fingerprint density at radius 1 is 1.06 bits per heavy atom. The third-order valence-corrected chi connectivity index (χ3v) is 7.21. The molecule has 0 fully saturated rings. The topological polar surface area (TPSA) is 113 Å². The lowest BCUT2D eigenvalue weighted by molar-refractivity contribution is -0.138. The summed E-state index contributed by atoms with van der Waals surface area (Å²) in [4.78, 5) is 11.2. The van der Waals surface area contributed by atoms with Crippen LogP contribution < -0.4 is 9.46 Å². The molecule has 0 bridgehead atoms. The monoisotopic (exact) mass is 555 g/mol. The van der Waals surface area contributed by atoms with Crippen molar-refractivity contribution in [1.29, 1.82) is 0 Å². The number of ether oxygens (including phenoxy) is 1. The van der Waals surface area contributed by atoms with Crippen molar-refractivity contribution in [3.05, 3.63) is 52.5 Å². The molecule has 0 unspecified atom stereocenters. The van der Waals surface area contributed by atoms with Gasteiger partial charge in [-0.1, -0.05) is 18.5 Å². The lowest BCUT2D eigenvalue weighted by Crippen LogP contribution is -2.36. The van der Waals surface area contributed by atoms with Gasteiger partial charge in [0, 0.05) is 5.02 Å². The molecule has 2 aromatic rings. The van der Waals surface area contributed by atoms with Crippen LogP contribution in [0.1, 0.15) is 18.1 Å². The van der Waals surface area contributed by atoms with Crippen LogP contribution in [0.3, 0.4) is 0 Å². The van der Waals surface area contributed by atoms with E-state index < -0.39 is 66.6 Å². The quantitative estimate of drug-likeness (QED) is 0.373. The Bertz CT molecular complexity index is 1180. The average molecular weight is 556 g/mol. The van der Waals surface area contributed by atoms with Crippen molar-refractivity contribution in [3.63, 3.8) is 0 Å². The predicted octanol–water partition coefficient (Wildman–Crippen LogP) is 5.79. The number of sulfone groups is 1. The molecule has 0 aliphatic heterocycles. The summed E-state index contributed by atoms with van der Waals surface area (Å²) in [6.07, 6.45) is -5.87. The van der Waals surface area contributed by atoms with Gasteiger partial charge in [-0.3, -0.25) is 13.9 Å². The standard InChI is InChI=1S/C18H16ClF6NO6S2/c1-2-33(28,29)13-3-4-15(14(9-13)17(20,21)22)32-12-6-10(5-11(19)8-12)7-16(27)26-34(30,31)18(23,24)25/h3-6,8-9,30-31H,2,7H2,1H3,(H,26,27). The molecular formula is C18H16ClF6NO6S2. The molecular weight excluding hydrogens is 540 g/mol. The van der Waals surface area contributed by atoms with Crippen LogP contribution in [-0.4, -0.2) is 34.7 Å². The van der Waals surface area contributed by atoms with Crippen molar-refractivity contribution in [2.45, 2.75) is 29.9 Å². The zero-order valence-corrected chi connectivity index (χ0v) is 19.3. The fraction of sp³-hybridized carbons (Fsp3) is 0.278. The predicted molar refractivity (Wildman–Crippen MR) is 111 cm³/mol. The Morgan fingerprint density at radius 3 is 2.21 bits per heavy atom. The zero-order valence-electron chi connectivity index (χ0n) is 16.9. The van der Waals surface area contributed by atoms with Crippen molar-refractivity contribution in [2.75, 3.05) is 5.75 Å². The Balaban J connectivity index is 2.36. The minimum absolute atomic E-state index is 0.129. The lowest BCUT2D eigenvalue weighted by atomic mass is 10.1. The number of carbonyl (C=O) groups excluding carboxylic acids is 1. The molecule has 34 heavy (non-hydrogen) atoms. The van der Waals surface area contributed by atoms with E-state index in [-0.39, 0.29) is 16.3 Å². The Labute approximate surface area is 196 Å². The molecule has 0 radical (unpaired) electrons. The molecule has 0 saturated heterocycles. The first-order valence-corrected chi connectivity index (χ1v) is 12.5. The lowest BCUT2D eigenvalue weighted by Gasteiger charge is -2.33. The van der Waals surface area contributed by atoms with E-state index in [1.807, 2.05) is 0 Å². The first kappa shape index (κ1) is 28.0. The summed E-state index contributed by atoms with van der Waals surface area (Å²) >= 11 is 5.85. The summed E-state index contributed by atoms with van der Waals surface area (Å²) in [6, 6.07) is 5.20. The van der Waals surface area contributed by atoms with Gasteiger partial charge in [-0.2, -0.15) is 26.3 Å². The van der Waals surface area contributed by atoms with E-state index in [1.54, 1.807) is 0 Å². The molecule has 0 aliphatic carbocycles. The van der Waals surface area contributed by atoms with E-state index >= 15 is 0 Å². The number of carbonyl (C=O) groups is 1. The summed E-state index contributed by atoms with van der Waals surface area (Å²) in [5.41, 5.74) is -7.06. The van der Waals surface area contributed by atoms with Gasteiger partial charge >= 0.3 is 11.7 Å². The Morgan fingerprint density at radius 2 is 1.68 bits per heavy atom. The van der Waals surface area contributed by atoms with E-state index in [9.17, 15) is 39.6 Å². The van der Waals surface area contributed by atoms with Gasteiger partial charge in [-0.15, -0.1) is 0 Å². The largest absolute Gasteiger partial charge is 0.514 e. The summed E-state index contributed by atoms with van der Waals surface area (Å²) < 4.78 is 126. The number of amides is 1. The molecule has 0 aromatic heterocycles. The van der Waals surface area contributed by atoms with Gasteiger partial charge in [0.05, 0.1) is 22.6 Å². The highest BCUT2D eigenvalue weighted by atomic mass is 35.5. The number of alkyl halides is 6. The van der Waals surface area contributed by atoms with Gasteiger partial charge in [0.1, 0.15) is 11.5 Å². The third kappa shape index (κ3) is 6.91. The maximum atomic E-state index is 13.5. The van der Waals surface area contributed by atoms with Crippen molar-refractivity contribution in [1.82, 2.24) is 4.72 Å². The zero-order chi connectivity index (χ0) is 26.1. The molecule has 2 rings (SSSR count). The normalized spacial score (nSPS) is 13.5. The third-order valence-electron chi connectivity index (χ3n) is 4.10. The molecule has 0 aliphatic rings. The highest BCUT2D eigenvalue weighted by molar-refractivity contribution is 8.23. The van der Waals surface area contributed by atoms with Gasteiger partial charge in [-0.05, 0) is 52.7 Å². The Hall–Kier alpha value is -2.20. The van der Waals surface area contributed by atoms with Gasteiger partial charge in [0.15, 0.2) is 9.84 Å². The minimum Gasteiger partial charge on any atom is -0.457 e. The van der Waals surface area contributed by atoms with Gasteiger partial charge in [0.25, 0.3) is 0 Å². The number of hydrogen-bond acceptors (Lipinski definition) is 6. The van der Waals surface area contributed by atoms with Crippen LogP contribution in [0.15, 0.2) is 41.3 Å². The maximum absolute atomic E-state index is 13.5. The molecule has 0 heterocycles. The number of nitrogens with one attached hydrogen (secondary N) is 1. The molecule has 0 atom stereocenters. The minimum atomic E-state index is -5.52. The van der Waals surface area contributed by atoms with Crippen LogP contribution >= 0.6 is 22.4 Å². The second kappa shape index (κ2) is 9.81. The van der Waals surface area contributed by atoms with Crippen LogP contribution in [0, 0.1) is 0 Å². The molecule has 3 N–H and O–H groups in total. The van der Waals surface area contributed by atoms with Gasteiger partial charge in [0.2, 0.25) is 5.91 Å². The van der Waals surface area contributed by atoms with E-state index in [4.69, 9.17) is 25.4 Å². The van der Waals surface area contributed by atoms with E-state index in [1.165, 1.54) is 6.92 Å². The fourth-order valence-electron chi connectivity index (χ4n) is 2.53. The van der Waals surface area contributed by atoms with Gasteiger partial charge in [-0.25, -0.2) is 13.1 Å². The van der Waals surface area contributed by atoms with Crippen LogP contribution in [0.4, 0.5) is 26.3 Å².